The lowest BCUT2D eigenvalue weighted by Crippen LogP contribution is -2.14. The first-order chi connectivity index (χ1) is 11.7. The fourth-order valence-electron chi connectivity index (χ4n) is 2.26. The minimum atomic E-state index is -0.250. The van der Waals surface area contributed by atoms with Gasteiger partial charge in [-0.1, -0.05) is 24.7 Å². The summed E-state index contributed by atoms with van der Waals surface area (Å²) in [6.45, 7) is 2.12. The van der Waals surface area contributed by atoms with Gasteiger partial charge in [-0.2, -0.15) is 0 Å². The number of anilines is 2. The van der Waals surface area contributed by atoms with E-state index in [1.165, 1.54) is 11.3 Å². The highest BCUT2D eigenvalue weighted by atomic mass is 32.2. The van der Waals surface area contributed by atoms with Gasteiger partial charge in [-0.25, -0.2) is 0 Å². The minimum absolute atomic E-state index is 0.0245. The van der Waals surface area contributed by atoms with Crippen molar-refractivity contribution >= 4 is 45.7 Å². The van der Waals surface area contributed by atoms with E-state index >= 15 is 0 Å². The number of rotatable bonds is 5. The summed E-state index contributed by atoms with van der Waals surface area (Å²) in [7, 11) is 0. The molecule has 0 atom stereocenters. The molecule has 0 saturated carbocycles. The molecule has 0 unspecified atom stereocenters. The molecule has 1 aliphatic rings. The van der Waals surface area contributed by atoms with Crippen LogP contribution in [0.1, 0.15) is 41.6 Å². The first kappa shape index (κ1) is 16.9. The normalized spacial score (nSPS) is 13.8. The van der Waals surface area contributed by atoms with Crippen LogP contribution in [-0.4, -0.2) is 27.8 Å². The number of carbonyl (C=O) groups excluding carboxylic acids is 2. The standard InChI is InChI=1S/C16H18N4O2S2/c1-2-3-4-14-19-20-16(24-14)18-15(22)10-5-6-12-11(9-10)17-13(21)7-8-23-12/h5-6,9H,2-4,7-8H2,1H3,(H,17,21)(H,18,20,22). The number of hydrogen-bond acceptors (Lipinski definition) is 6. The van der Waals surface area contributed by atoms with E-state index in [-0.39, 0.29) is 11.8 Å². The maximum Gasteiger partial charge on any atom is 0.257 e. The minimum Gasteiger partial charge on any atom is -0.325 e. The lowest BCUT2D eigenvalue weighted by molar-refractivity contribution is -0.115. The van der Waals surface area contributed by atoms with Gasteiger partial charge in [-0.3, -0.25) is 14.9 Å². The molecule has 2 amide bonds. The van der Waals surface area contributed by atoms with Crippen molar-refractivity contribution in [1.82, 2.24) is 10.2 Å². The van der Waals surface area contributed by atoms with Crippen LogP contribution in [0.3, 0.4) is 0 Å². The second kappa shape index (κ2) is 7.76. The Hall–Kier alpha value is -1.93. The van der Waals surface area contributed by atoms with Crippen LogP contribution in [0, 0.1) is 0 Å². The van der Waals surface area contributed by atoms with Crippen molar-refractivity contribution in [3.63, 3.8) is 0 Å². The zero-order valence-corrected chi connectivity index (χ0v) is 14.9. The van der Waals surface area contributed by atoms with Crippen molar-refractivity contribution in [3.8, 4) is 0 Å². The van der Waals surface area contributed by atoms with Crippen LogP contribution in [0.2, 0.25) is 0 Å². The van der Waals surface area contributed by atoms with Gasteiger partial charge in [-0.15, -0.1) is 22.0 Å². The van der Waals surface area contributed by atoms with Crippen LogP contribution in [-0.2, 0) is 11.2 Å². The average molecular weight is 362 g/mol. The van der Waals surface area contributed by atoms with Gasteiger partial charge in [-0.05, 0) is 24.6 Å². The van der Waals surface area contributed by atoms with Gasteiger partial charge in [0.2, 0.25) is 11.0 Å². The lowest BCUT2D eigenvalue weighted by Gasteiger charge is -2.08. The van der Waals surface area contributed by atoms with Crippen LogP contribution in [0.5, 0.6) is 0 Å². The van der Waals surface area contributed by atoms with Crippen LogP contribution >= 0.6 is 23.1 Å². The molecule has 1 aromatic heterocycles. The molecule has 1 aliphatic heterocycles. The number of carbonyl (C=O) groups is 2. The smallest absolute Gasteiger partial charge is 0.257 e. The third kappa shape index (κ3) is 4.12. The lowest BCUT2D eigenvalue weighted by atomic mass is 10.2. The van der Waals surface area contributed by atoms with Gasteiger partial charge in [0, 0.05) is 29.1 Å². The molecule has 0 aliphatic carbocycles. The van der Waals surface area contributed by atoms with E-state index < -0.39 is 0 Å². The van der Waals surface area contributed by atoms with Gasteiger partial charge in [0.25, 0.3) is 5.91 Å². The number of hydrogen-bond donors (Lipinski definition) is 2. The van der Waals surface area contributed by atoms with Crippen molar-refractivity contribution in [2.24, 2.45) is 0 Å². The summed E-state index contributed by atoms with van der Waals surface area (Å²) in [6.07, 6.45) is 3.52. The maximum absolute atomic E-state index is 12.4. The van der Waals surface area contributed by atoms with Crippen LogP contribution in [0.15, 0.2) is 23.1 Å². The molecule has 1 aromatic carbocycles. The number of unbranched alkanes of at least 4 members (excludes halogenated alkanes) is 1. The second-order valence-corrected chi connectivity index (χ2v) is 7.62. The Bertz CT molecular complexity index is 760. The number of aryl methyl sites for hydroxylation is 1. The van der Waals surface area contributed by atoms with Crippen LogP contribution < -0.4 is 10.6 Å². The molecule has 8 heteroatoms. The van der Waals surface area contributed by atoms with Crippen molar-refractivity contribution in [2.75, 3.05) is 16.4 Å². The Morgan fingerprint density at radius 1 is 1.38 bits per heavy atom. The molecule has 2 heterocycles. The highest BCUT2D eigenvalue weighted by Gasteiger charge is 2.16. The van der Waals surface area contributed by atoms with Crippen molar-refractivity contribution < 1.29 is 9.59 Å². The van der Waals surface area contributed by atoms with E-state index in [1.54, 1.807) is 23.9 Å². The molecule has 24 heavy (non-hydrogen) atoms. The topological polar surface area (TPSA) is 84.0 Å². The molecular weight excluding hydrogens is 344 g/mol. The van der Waals surface area contributed by atoms with E-state index in [9.17, 15) is 9.59 Å². The zero-order valence-electron chi connectivity index (χ0n) is 13.3. The Labute approximate surface area is 148 Å². The molecule has 2 aromatic rings. The molecule has 2 N–H and O–H groups in total. The van der Waals surface area contributed by atoms with E-state index in [0.717, 1.165) is 34.9 Å². The van der Waals surface area contributed by atoms with Crippen molar-refractivity contribution in [2.45, 2.75) is 37.5 Å². The van der Waals surface area contributed by atoms with Crippen LogP contribution in [0.25, 0.3) is 0 Å². The van der Waals surface area contributed by atoms with E-state index in [1.807, 2.05) is 6.07 Å². The van der Waals surface area contributed by atoms with Crippen molar-refractivity contribution in [1.29, 1.82) is 0 Å². The average Bonchev–Trinajstić information content (AvgIpc) is 2.92. The van der Waals surface area contributed by atoms with Gasteiger partial charge >= 0.3 is 0 Å². The SMILES string of the molecule is CCCCc1nnc(NC(=O)c2ccc3c(c2)NC(=O)CCS3)s1. The van der Waals surface area contributed by atoms with Gasteiger partial charge in [0.1, 0.15) is 5.01 Å². The van der Waals surface area contributed by atoms with Crippen LogP contribution in [0.4, 0.5) is 10.8 Å². The van der Waals surface area contributed by atoms with E-state index in [2.05, 4.69) is 27.8 Å². The predicted octanol–water partition coefficient (Wildman–Crippen LogP) is 3.57. The molecule has 0 radical (unpaired) electrons. The van der Waals surface area contributed by atoms with Gasteiger partial charge in [0.15, 0.2) is 0 Å². The Morgan fingerprint density at radius 3 is 3.08 bits per heavy atom. The summed E-state index contributed by atoms with van der Waals surface area (Å²) in [5.41, 5.74) is 1.18. The Kier molecular flexibility index (Phi) is 5.47. The predicted molar refractivity (Wildman–Crippen MR) is 96.9 cm³/mol. The number of nitrogens with one attached hydrogen (secondary N) is 2. The van der Waals surface area contributed by atoms with Gasteiger partial charge in [0.05, 0.1) is 5.69 Å². The number of fused-ring (bicyclic) bond motifs is 1. The summed E-state index contributed by atoms with van der Waals surface area (Å²) in [6, 6.07) is 5.34. The molecule has 0 fully saturated rings. The molecule has 6 nitrogen and oxygen atoms in total. The Morgan fingerprint density at radius 2 is 2.25 bits per heavy atom. The monoisotopic (exact) mass is 362 g/mol. The van der Waals surface area contributed by atoms with Gasteiger partial charge < -0.3 is 5.32 Å². The van der Waals surface area contributed by atoms with E-state index in [4.69, 9.17) is 0 Å². The maximum atomic E-state index is 12.4. The molecule has 0 spiro atoms. The molecule has 126 valence electrons. The summed E-state index contributed by atoms with van der Waals surface area (Å²) in [5, 5.41) is 15.1. The highest BCUT2D eigenvalue weighted by molar-refractivity contribution is 7.99. The second-order valence-electron chi connectivity index (χ2n) is 5.42. The highest BCUT2D eigenvalue weighted by Crippen LogP contribution is 2.31. The number of benzene rings is 1. The number of thioether (sulfide) groups is 1. The summed E-state index contributed by atoms with van der Waals surface area (Å²) in [4.78, 5) is 25.0. The largest absolute Gasteiger partial charge is 0.325 e. The summed E-state index contributed by atoms with van der Waals surface area (Å²) < 4.78 is 0. The molecule has 0 bridgehead atoms. The third-order valence-corrected chi connectivity index (χ3v) is 5.51. The molecule has 3 rings (SSSR count). The number of amides is 2. The fourth-order valence-corrected chi connectivity index (χ4v) is 3.98. The summed E-state index contributed by atoms with van der Waals surface area (Å²) >= 11 is 3.01. The Balaban J connectivity index is 1.71. The number of aromatic nitrogens is 2. The fraction of sp³-hybridized carbons (Fsp3) is 0.375. The van der Waals surface area contributed by atoms with E-state index in [0.29, 0.717) is 22.8 Å². The molecular formula is C16H18N4O2S2. The molecule has 0 saturated heterocycles. The zero-order chi connectivity index (χ0) is 16.9. The first-order valence-electron chi connectivity index (χ1n) is 7.86. The number of nitrogens with zero attached hydrogens (tertiary/aromatic N) is 2. The van der Waals surface area contributed by atoms with Crippen molar-refractivity contribution in [3.05, 3.63) is 28.8 Å². The summed E-state index contributed by atoms with van der Waals surface area (Å²) in [5.74, 6) is 0.471. The first-order valence-corrected chi connectivity index (χ1v) is 9.66. The quantitative estimate of drug-likeness (QED) is 0.849. The third-order valence-electron chi connectivity index (χ3n) is 3.53.